The van der Waals surface area contributed by atoms with Crippen LogP contribution < -0.4 is 9.62 Å². The summed E-state index contributed by atoms with van der Waals surface area (Å²) in [5.41, 5.74) is 1.83. The largest absolute Gasteiger partial charge is 0.355 e. The fourth-order valence-electron chi connectivity index (χ4n) is 3.93. The predicted octanol–water partition coefficient (Wildman–Crippen LogP) is 5.30. The van der Waals surface area contributed by atoms with Crippen molar-refractivity contribution < 1.29 is 18.0 Å². The highest BCUT2D eigenvalue weighted by molar-refractivity contribution is 9.10. The lowest BCUT2D eigenvalue weighted by molar-refractivity contribution is -0.140. The van der Waals surface area contributed by atoms with E-state index in [-0.39, 0.29) is 34.6 Å². The van der Waals surface area contributed by atoms with Crippen LogP contribution in [-0.4, -0.2) is 50.5 Å². The number of nitrogens with zero attached hydrogens (tertiary/aromatic N) is 2. The summed E-state index contributed by atoms with van der Waals surface area (Å²) in [6.45, 7) is 1.73. The van der Waals surface area contributed by atoms with E-state index in [9.17, 15) is 18.0 Å². The van der Waals surface area contributed by atoms with Gasteiger partial charge in [-0.25, -0.2) is 8.42 Å². The zero-order valence-corrected chi connectivity index (χ0v) is 24.8. The summed E-state index contributed by atoms with van der Waals surface area (Å²) in [5, 5.41) is 3.23. The highest BCUT2D eigenvalue weighted by Crippen LogP contribution is 2.29. The van der Waals surface area contributed by atoms with Crippen LogP contribution in [0.2, 0.25) is 10.0 Å². The van der Waals surface area contributed by atoms with E-state index < -0.39 is 28.5 Å². The number of sulfonamides is 1. The van der Waals surface area contributed by atoms with Crippen molar-refractivity contribution in [2.75, 3.05) is 23.7 Å². The van der Waals surface area contributed by atoms with Crippen molar-refractivity contribution in [3.8, 4) is 0 Å². The Bertz CT molecular complexity index is 1390. The molecule has 1 N–H and O–H groups in total. The molecule has 0 unspecified atom stereocenters. The van der Waals surface area contributed by atoms with Gasteiger partial charge in [0.2, 0.25) is 21.8 Å². The van der Waals surface area contributed by atoms with Crippen LogP contribution >= 0.6 is 39.1 Å². The normalized spacial score (nSPS) is 12.0. The molecule has 0 radical (unpaired) electrons. The van der Waals surface area contributed by atoms with Gasteiger partial charge in [-0.3, -0.25) is 13.9 Å². The molecule has 0 fully saturated rings. The molecule has 3 aromatic carbocycles. The molecular formula is C27H28BrCl2N3O4S. The molecule has 3 aromatic rings. The smallest absolute Gasteiger partial charge is 0.244 e. The highest BCUT2D eigenvalue weighted by Gasteiger charge is 2.33. The summed E-state index contributed by atoms with van der Waals surface area (Å²) in [7, 11) is -3.89. The van der Waals surface area contributed by atoms with Crippen LogP contribution in [-0.2, 0) is 32.6 Å². The maximum atomic E-state index is 13.9. The van der Waals surface area contributed by atoms with Crippen LogP contribution in [0.1, 0.15) is 18.1 Å². The average molecular weight is 641 g/mol. The Hall–Kier alpha value is -2.59. The van der Waals surface area contributed by atoms with E-state index in [1.165, 1.54) is 23.1 Å². The number of benzene rings is 3. The predicted molar refractivity (Wildman–Crippen MR) is 156 cm³/mol. The minimum absolute atomic E-state index is 0.0892. The molecule has 7 nitrogen and oxygen atoms in total. The Morgan fingerprint density at radius 3 is 2.24 bits per heavy atom. The first-order valence-corrected chi connectivity index (χ1v) is 15.2. The van der Waals surface area contributed by atoms with Gasteiger partial charge in [0.15, 0.2) is 0 Å². The fourth-order valence-corrected chi connectivity index (χ4v) is 5.51. The van der Waals surface area contributed by atoms with E-state index in [0.29, 0.717) is 6.54 Å². The molecule has 0 bridgehead atoms. The van der Waals surface area contributed by atoms with Crippen LogP contribution in [0.3, 0.4) is 0 Å². The van der Waals surface area contributed by atoms with Crippen molar-refractivity contribution in [1.82, 2.24) is 10.2 Å². The van der Waals surface area contributed by atoms with Gasteiger partial charge in [-0.2, -0.15) is 0 Å². The van der Waals surface area contributed by atoms with Gasteiger partial charge >= 0.3 is 0 Å². The number of hydrogen-bond donors (Lipinski definition) is 1. The van der Waals surface area contributed by atoms with Gasteiger partial charge in [-0.05, 0) is 48.4 Å². The molecule has 0 aliphatic carbocycles. The quantitative estimate of drug-likeness (QED) is 0.308. The van der Waals surface area contributed by atoms with E-state index in [0.717, 1.165) is 26.2 Å². The van der Waals surface area contributed by atoms with E-state index in [4.69, 9.17) is 23.2 Å². The second-order valence-electron chi connectivity index (χ2n) is 8.62. The molecule has 2 amide bonds. The number of nitrogens with one attached hydrogen (secondary N) is 1. The number of carbonyl (C=O) groups is 2. The maximum Gasteiger partial charge on any atom is 0.244 e. The number of halogens is 3. The molecule has 202 valence electrons. The summed E-state index contributed by atoms with van der Waals surface area (Å²) < 4.78 is 27.3. The SMILES string of the molecule is CCNC(=O)[C@H](Cc1ccccc1)N(Cc1cccc(Br)c1)C(=O)CN(c1ccc(Cl)c(Cl)c1)S(C)(=O)=O. The minimum Gasteiger partial charge on any atom is -0.355 e. The number of amides is 2. The fraction of sp³-hybridized carbons (Fsp3) is 0.259. The zero-order chi connectivity index (χ0) is 27.9. The van der Waals surface area contributed by atoms with Gasteiger partial charge < -0.3 is 10.2 Å². The lowest BCUT2D eigenvalue weighted by Crippen LogP contribution is -2.53. The second-order valence-corrected chi connectivity index (χ2v) is 12.3. The Morgan fingerprint density at radius 1 is 0.947 bits per heavy atom. The number of likely N-dealkylation sites (N-methyl/N-ethyl adjacent to an activating group) is 1. The van der Waals surface area contributed by atoms with Gasteiger partial charge in [0.05, 0.1) is 22.0 Å². The van der Waals surface area contributed by atoms with Gasteiger partial charge in [0.1, 0.15) is 12.6 Å². The van der Waals surface area contributed by atoms with Crippen molar-refractivity contribution >= 4 is 66.7 Å². The number of anilines is 1. The van der Waals surface area contributed by atoms with Crippen LogP contribution in [0.4, 0.5) is 5.69 Å². The van der Waals surface area contributed by atoms with Crippen LogP contribution in [0.5, 0.6) is 0 Å². The van der Waals surface area contributed by atoms with Crippen LogP contribution in [0, 0.1) is 0 Å². The Kier molecular flexibility index (Phi) is 10.6. The summed E-state index contributed by atoms with van der Waals surface area (Å²) in [6.07, 6.45) is 1.25. The first-order valence-electron chi connectivity index (χ1n) is 11.8. The van der Waals surface area contributed by atoms with Gasteiger partial charge in [-0.1, -0.05) is 81.6 Å². The highest BCUT2D eigenvalue weighted by atomic mass is 79.9. The Labute approximate surface area is 241 Å². The van der Waals surface area contributed by atoms with E-state index >= 15 is 0 Å². The summed E-state index contributed by atoms with van der Waals surface area (Å²) >= 11 is 15.6. The molecule has 1 atom stereocenters. The van der Waals surface area contributed by atoms with Gasteiger partial charge in [0, 0.05) is 24.0 Å². The monoisotopic (exact) mass is 639 g/mol. The van der Waals surface area contributed by atoms with Crippen molar-refractivity contribution in [2.45, 2.75) is 25.9 Å². The molecular weight excluding hydrogens is 613 g/mol. The van der Waals surface area contributed by atoms with Gasteiger partial charge in [0.25, 0.3) is 0 Å². The van der Waals surface area contributed by atoms with Crippen molar-refractivity contribution in [3.63, 3.8) is 0 Å². The van der Waals surface area contributed by atoms with E-state index in [2.05, 4.69) is 21.2 Å². The van der Waals surface area contributed by atoms with Gasteiger partial charge in [-0.15, -0.1) is 0 Å². The summed E-state index contributed by atoms with van der Waals surface area (Å²) in [4.78, 5) is 28.7. The van der Waals surface area contributed by atoms with Crippen LogP contribution in [0.15, 0.2) is 77.3 Å². The molecule has 0 spiro atoms. The standard InChI is InChI=1S/C27H28BrCl2N3O4S/c1-3-31-27(35)25(15-19-8-5-4-6-9-19)32(17-20-10-7-11-21(28)14-20)26(34)18-33(38(2,36)37)22-12-13-23(29)24(30)16-22/h4-14,16,25H,3,15,17-18H2,1-2H3,(H,31,35)/t25-/m0/s1. The lowest BCUT2D eigenvalue weighted by atomic mass is 10.0. The average Bonchev–Trinajstić information content (AvgIpc) is 2.86. The first kappa shape index (κ1) is 30.0. The van der Waals surface area contributed by atoms with E-state index in [1.54, 1.807) is 6.92 Å². The topological polar surface area (TPSA) is 86.8 Å². The molecule has 38 heavy (non-hydrogen) atoms. The maximum absolute atomic E-state index is 13.9. The van der Waals surface area contributed by atoms with Crippen molar-refractivity contribution in [2.24, 2.45) is 0 Å². The summed E-state index contributed by atoms with van der Waals surface area (Å²) in [6, 6.07) is 20.2. The molecule has 0 aliphatic rings. The molecule has 0 aromatic heterocycles. The number of rotatable bonds is 11. The molecule has 0 saturated carbocycles. The molecule has 0 heterocycles. The Morgan fingerprint density at radius 2 is 1.63 bits per heavy atom. The third-order valence-electron chi connectivity index (χ3n) is 5.73. The Balaban J connectivity index is 2.05. The van der Waals surface area contributed by atoms with Crippen molar-refractivity contribution in [1.29, 1.82) is 0 Å². The zero-order valence-electron chi connectivity index (χ0n) is 20.9. The number of hydrogen-bond acceptors (Lipinski definition) is 4. The first-order chi connectivity index (χ1) is 18.0. The summed E-state index contributed by atoms with van der Waals surface area (Å²) in [5.74, 6) is -0.881. The minimum atomic E-state index is -3.89. The van der Waals surface area contributed by atoms with E-state index in [1.807, 2.05) is 54.6 Å². The molecule has 0 aliphatic heterocycles. The molecule has 11 heteroatoms. The molecule has 0 saturated heterocycles. The lowest BCUT2D eigenvalue weighted by Gasteiger charge is -2.33. The third-order valence-corrected chi connectivity index (χ3v) is 8.11. The van der Waals surface area contributed by atoms with Crippen molar-refractivity contribution in [3.05, 3.63) is 98.4 Å². The number of carbonyl (C=O) groups excluding carboxylic acids is 2. The van der Waals surface area contributed by atoms with Crippen LogP contribution in [0.25, 0.3) is 0 Å². The molecule has 3 rings (SSSR count). The third kappa shape index (κ3) is 8.20. The second kappa shape index (κ2) is 13.5.